The zero-order chi connectivity index (χ0) is 17.1. The highest BCUT2D eigenvalue weighted by molar-refractivity contribution is 6.10. The minimum Gasteiger partial charge on any atom is -0.497 e. The number of methoxy groups -OCH3 is 2. The molecule has 1 aliphatic heterocycles. The molecule has 1 aromatic rings. The Morgan fingerprint density at radius 3 is 2.65 bits per heavy atom. The molecule has 1 aliphatic rings. The molecule has 0 aliphatic carbocycles. The second kappa shape index (κ2) is 6.78. The normalized spacial score (nSPS) is 17.7. The maximum absolute atomic E-state index is 12.7. The highest BCUT2D eigenvalue weighted by Crippen LogP contribution is 2.36. The van der Waals surface area contributed by atoms with Gasteiger partial charge in [0, 0.05) is 12.5 Å². The van der Waals surface area contributed by atoms with Gasteiger partial charge in [-0.1, -0.05) is 0 Å². The van der Waals surface area contributed by atoms with Gasteiger partial charge in [0.2, 0.25) is 0 Å². The van der Waals surface area contributed by atoms with Crippen LogP contribution < -0.4 is 9.47 Å². The number of hydrogen-bond donors (Lipinski definition) is 1. The number of carbonyl (C=O) groups excluding carboxylic acids is 3. The number of ketones is 2. The Hall–Kier alpha value is -2.41. The average Bonchev–Trinajstić information content (AvgIpc) is 2.52. The van der Waals surface area contributed by atoms with Crippen molar-refractivity contribution in [1.82, 2.24) is 0 Å². The number of carbonyl (C=O) groups is 3. The smallest absolute Gasteiger partial charge is 0.338 e. The number of ether oxygens (including phenoxy) is 3. The van der Waals surface area contributed by atoms with Gasteiger partial charge >= 0.3 is 5.97 Å². The number of Topliss-reactive ketones (excluding diaryl/α,β-unsaturated/α-hetero) is 2. The second-order valence-corrected chi connectivity index (χ2v) is 5.29. The van der Waals surface area contributed by atoms with Crippen molar-refractivity contribution < 1.29 is 33.7 Å². The van der Waals surface area contributed by atoms with E-state index < -0.39 is 23.8 Å². The predicted octanol–water partition coefficient (Wildman–Crippen LogP) is 1.01. The van der Waals surface area contributed by atoms with Crippen LogP contribution >= 0.6 is 0 Å². The number of rotatable bonds is 5. The first kappa shape index (κ1) is 17.0. The molecule has 2 rings (SSSR count). The summed E-state index contributed by atoms with van der Waals surface area (Å²) in [6, 6.07) is 2.87. The standard InChI is InChI=1S/C16H18O7/c1-8(17)4-12(18)11-7-23-13-6-9(21-2)5-10(16(20)22-3)14(13)15(11)19/h5-6,11-12,18H,4,7H2,1-3H3/t11-,12-/m0/s1. The Kier molecular flexibility index (Phi) is 5.00. The van der Waals surface area contributed by atoms with E-state index in [1.807, 2.05) is 0 Å². The molecule has 1 aromatic carbocycles. The van der Waals surface area contributed by atoms with Crippen LogP contribution in [0.1, 0.15) is 34.1 Å². The first-order valence-electron chi connectivity index (χ1n) is 7.03. The maximum Gasteiger partial charge on any atom is 0.338 e. The fraction of sp³-hybridized carbons (Fsp3) is 0.438. The lowest BCUT2D eigenvalue weighted by Gasteiger charge is -2.28. The van der Waals surface area contributed by atoms with E-state index in [2.05, 4.69) is 0 Å². The lowest BCUT2D eigenvalue weighted by Crippen LogP contribution is -2.38. The van der Waals surface area contributed by atoms with Gasteiger partial charge in [0.05, 0.1) is 37.4 Å². The molecule has 7 nitrogen and oxygen atoms in total. The SMILES string of the molecule is COC(=O)c1cc(OC)cc2c1C(=O)[C@H]([C@@H](O)CC(C)=O)CO2. The molecular weight excluding hydrogens is 304 g/mol. The Labute approximate surface area is 133 Å². The third kappa shape index (κ3) is 3.34. The highest BCUT2D eigenvalue weighted by atomic mass is 16.5. The van der Waals surface area contributed by atoms with Crippen molar-refractivity contribution in [2.75, 3.05) is 20.8 Å². The minimum atomic E-state index is -1.17. The highest BCUT2D eigenvalue weighted by Gasteiger charge is 2.38. The lowest BCUT2D eigenvalue weighted by molar-refractivity contribution is -0.119. The fourth-order valence-electron chi connectivity index (χ4n) is 2.51. The van der Waals surface area contributed by atoms with Gasteiger partial charge < -0.3 is 19.3 Å². The summed E-state index contributed by atoms with van der Waals surface area (Å²) in [5, 5.41) is 10.1. The Balaban J connectivity index is 2.46. The molecule has 0 radical (unpaired) electrons. The fourth-order valence-corrected chi connectivity index (χ4v) is 2.51. The van der Waals surface area contributed by atoms with Gasteiger partial charge in [-0.3, -0.25) is 9.59 Å². The number of benzene rings is 1. The topological polar surface area (TPSA) is 99.1 Å². The number of hydrogen-bond acceptors (Lipinski definition) is 7. The average molecular weight is 322 g/mol. The lowest BCUT2D eigenvalue weighted by atomic mass is 9.86. The number of fused-ring (bicyclic) bond motifs is 1. The number of aliphatic hydroxyl groups excluding tert-OH is 1. The molecule has 0 aromatic heterocycles. The first-order valence-corrected chi connectivity index (χ1v) is 7.03. The van der Waals surface area contributed by atoms with E-state index in [9.17, 15) is 19.5 Å². The molecule has 1 heterocycles. The third-order valence-corrected chi connectivity index (χ3v) is 3.68. The van der Waals surface area contributed by atoms with Gasteiger partial charge in [-0.15, -0.1) is 0 Å². The number of esters is 1. The van der Waals surface area contributed by atoms with Crippen molar-refractivity contribution in [3.8, 4) is 11.5 Å². The molecule has 124 valence electrons. The Morgan fingerprint density at radius 2 is 2.09 bits per heavy atom. The largest absolute Gasteiger partial charge is 0.497 e. The maximum atomic E-state index is 12.7. The molecule has 0 amide bonds. The van der Waals surface area contributed by atoms with Gasteiger partial charge in [-0.2, -0.15) is 0 Å². The van der Waals surface area contributed by atoms with E-state index in [1.165, 1.54) is 33.3 Å². The summed E-state index contributed by atoms with van der Waals surface area (Å²) in [7, 11) is 2.62. The monoisotopic (exact) mass is 322 g/mol. The first-order chi connectivity index (χ1) is 10.9. The van der Waals surface area contributed by atoms with E-state index in [4.69, 9.17) is 14.2 Å². The summed E-state index contributed by atoms with van der Waals surface area (Å²) in [6.45, 7) is 1.25. The summed E-state index contributed by atoms with van der Waals surface area (Å²) < 4.78 is 15.3. The summed E-state index contributed by atoms with van der Waals surface area (Å²) >= 11 is 0. The quantitative estimate of drug-likeness (QED) is 0.808. The van der Waals surface area contributed by atoms with Crippen molar-refractivity contribution in [2.24, 2.45) is 5.92 Å². The summed E-state index contributed by atoms with van der Waals surface area (Å²) in [6.07, 6.45) is -1.32. The van der Waals surface area contributed by atoms with Crippen LogP contribution in [0.15, 0.2) is 12.1 Å². The zero-order valence-corrected chi connectivity index (χ0v) is 13.1. The number of aliphatic hydroxyl groups is 1. The molecule has 0 bridgehead atoms. The molecule has 0 saturated heterocycles. The van der Waals surface area contributed by atoms with Crippen LogP contribution in [0.25, 0.3) is 0 Å². The molecule has 0 fully saturated rings. The van der Waals surface area contributed by atoms with E-state index >= 15 is 0 Å². The van der Waals surface area contributed by atoms with Crippen LogP contribution in [0.5, 0.6) is 11.5 Å². The minimum absolute atomic E-state index is 0.00609. The molecule has 0 saturated carbocycles. The predicted molar refractivity (Wildman–Crippen MR) is 79.0 cm³/mol. The molecule has 0 unspecified atom stereocenters. The van der Waals surface area contributed by atoms with Gasteiger partial charge in [0.15, 0.2) is 5.78 Å². The third-order valence-electron chi connectivity index (χ3n) is 3.68. The van der Waals surface area contributed by atoms with Crippen LogP contribution in [-0.2, 0) is 9.53 Å². The van der Waals surface area contributed by atoms with Crippen LogP contribution in [0.4, 0.5) is 0 Å². The van der Waals surface area contributed by atoms with E-state index in [0.29, 0.717) is 5.75 Å². The van der Waals surface area contributed by atoms with Crippen molar-refractivity contribution in [1.29, 1.82) is 0 Å². The van der Waals surface area contributed by atoms with Crippen molar-refractivity contribution >= 4 is 17.5 Å². The van der Waals surface area contributed by atoms with Gasteiger partial charge in [0.25, 0.3) is 0 Å². The molecule has 7 heteroatoms. The van der Waals surface area contributed by atoms with Crippen molar-refractivity contribution in [2.45, 2.75) is 19.4 Å². The van der Waals surface area contributed by atoms with E-state index in [-0.39, 0.29) is 35.7 Å². The van der Waals surface area contributed by atoms with Crippen LogP contribution in [0, 0.1) is 5.92 Å². The van der Waals surface area contributed by atoms with Crippen molar-refractivity contribution in [3.05, 3.63) is 23.3 Å². The molecule has 0 spiro atoms. The summed E-state index contributed by atoms with van der Waals surface area (Å²) in [5.74, 6) is -1.77. The van der Waals surface area contributed by atoms with E-state index in [0.717, 1.165) is 0 Å². The van der Waals surface area contributed by atoms with Crippen LogP contribution in [-0.4, -0.2) is 49.6 Å². The van der Waals surface area contributed by atoms with Crippen LogP contribution in [0.2, 0.25) is 0 Å². The zero-order valence-electron chi connectivity index (χ0n) is 13.1. The molecular formula is C16H18O7. The Morgan fingerprint density at radius 1 is 1.39 bits per heavy atom. The van der Waals surface area contributed by atoms with E-state index in [1.54, 1.807) is 0 Å². The Bertz CT molecular complexity index is 650. The van der Waals surface area contributed by atoms with Gasteiger partial charge in [-0.05, 0) is 13.0 Å². The molecule has 1 N–H and O–H groups in total. The summed E-state index contributed by atoms with van der Waals surface area (Å²) in [4.78, 5) is 35.8. The molecule has 23 heavy (non-hydrogen) atoms. The van der Waals surface area contributed by atoms with Gasteiger partial charge in [-0.25, -0.2) is 4.79 Å². The van der Waals surface area contributed by atoms with Gasteiger partial charge in [0.1, 0.15) is 23.9 Å². The van der Waals surface area contributed by atoms with Crippen LogP contribution in [0.3, 0.4) is 0 Å². The summed E-state index contributed by atoms with van der Waals surface area (Å²) in [5.41, 5.74) is 0.0445. The van der Waals surface area contributed by atoms with Crippen molar-refractivity contribution in [3.63, 3.8) is 0 Å². The molecule has 2 atom stereocenters. The second-order valence-electron chi connectivity index (χ2n) is 5.29.